The summed E-state index contributed by atoms with van der Waals surface area (Å²) in [5, 5.41) is 8.40. The molecule has 0 rings (SSSR count). The highest BCUT2D eigenvalue weighted by atomic mass is 16.1. The molecule has 0 aromatic heterocycles. The van der Waals surface area contributed by atoms with Crippen LogP contribution < -0.4 is 0 Å². The average molecular weight is 153 g/mol. The van der Waals surface area contributed by atoms with E-state index in [1.54, 1.807) is 6.07 Å². The molecule has 0 aromatic rings. The van der Waals surface area contributed by atoms with E-state index >= 15 is 0 Å². The Hall–Kier alpha value is -1.17. The number of rotatable bonds is 4. The number of carbonyl (C=O) groups excluding carboxylic acids is 2. The molecular weight excluding hydrogens is 142 g/mol. The van der Waals surface area contributed by atoms with Crippen LogP contribution in [0.5, 0.6) is 0 Å². The van der Waals surface area contributed by atoms with Crippen molar-refractivity contribution >= 4 is 11.6 Å². The van der Waals surface area contributed by atoms with Gasteiger partial charge in [-0.1, -0.05) is 6.92 Å². The molecule has 11 heavy (non-hydrogen) atoms. The van der Waals surface area contributed by atoms with E-state index in [0.717, 1.165) is 0 Å². The maximum Gasteiger partial charge on any atom is 0.162 e. The smallest absolute Gasteiger partial charge is 0.162 e. The highest BCUT2D eigenvalue weighted by molar-refractivity contribution is 6.03. The maximum absolute atomic E-state index is 11.0. The molecule has 0 saturated carbocycles. The molecule has 0 aliphatic carbocycles. The van der Waals surface area contributed by atoms with Gasteiger partial charge in [-0.3, -0.25) is 9.59 Å². The summed E-state index contributed by atoms with van der Waals surface area (Å²) in [6, 6.07) is 1.69. The lowest BCUT2D eigenvalue weighted by atomic mass is 9.99. The quantitative estimate of drug-likeness (QED) is 0.568. The Morgan fingerprint density at radius 3 is 2.36 bits per heavy atom. The van der Waals surface area contributed by atoms with Gasteiger partial charge in [-0.2, -0.15) is 5.26 Å². The lowest BCUT2D eigenvalue weighted by molar-refractivity contribution is -0.129. The van der Waals surface area contributed by atoms with Gasteiger partial charge in [-0.15, -0.1) is 0 Å². The summed E-state index contributed by atoms with van der Waals surface area (Å²) in [4.78, 5) is 21.6. The average Bonchev–Trinajstić information content (AvgIpc) is 1.88. The molecule has 0 aromatic carbocycles. The summed E-state index contributed by atoms with van der Waals surface area (Å²) in [7, 11) is 0. The van der Waals surface area contributed by atoms with E-state index in [1.807, 2.05) is 6.92 Å². The Morgan fingerprint density at radius 2 is 2.09 bits per heavy atom. The van der Waals surface area contributed by atoms with Crippen molar-refractivity contribution in [1.29, 1.82) is 5.26 Å². The van der Waals surface area contributed by atoms with Crippen LogP contribution in [-0.2, 0) is 9.59 Å². The molecule has 0 aliphatic rings. The third kappa shape index (κ3) is 2.94. The number of Topliss-reactive ketones (excluding diaryl/α,β-unsaturated/α-hetero) is 2. The first-order valence-corrected chi connectivity index (χ1v) is 3.56. The van der Waals surface area contributed by atoms with Crippen LogP contribution in [0.4, 0.5) is 0 Å². The molecule has 0 saturated heterocycles. The standard InChI is InChI=1S/C8H11NO2/c1-3-4-8(11)7(5-9)6(2)10/h7H,3-4H2,1-2H3. The fourth-order valence-electron chi connectivity index (χ4n) is 0.780. The Balaban J connectivity index is 4.18. The third-order valence-corrected chi connectivity index (χ3v) is 1.35. The van der Waals surface area contributed by atoms with Crippen LogP contribution in [0.2, 0.25) is 0 Å². The van der Waals surface area contributed by atoms with Gasteiger partial charge in [0.2, 0.25) is 0 Å². The van der Waals surface area contributed by atoms with Gasteiger partial charge in [0.15, 0.2) is 17.5 Å². The van der Waals surface area contributed by atoms with Crippen LogP contribution in [0.25, 0.3) is 0 Å². The van der Waals surface area contributed by atoms with Gasteiger partial charge in [0.05, 0.1) is 6.07 Å². The number of hydrogen-bond acceptors (Lipinski definition) is 3. The molecule has 3 nitrogen and oxygen atoms in total. The fraction of sp³-hybridized carbons (Fsp3) is 0.625. The van der Waals surface area contributed by atoms with Crippen molar-refractivity contribution in [3.05, 3.63) is 0 Å². The van der Waals surface area contributed by atoms with Gasteiger partial charge in [0.25, 0.3) is 0 Å². The fourth-order valence-corrected chi connectivity index (χ4v) is 0.780. The largest absolute Gasteiger partial charge is 0.298 e. The SMILES string of the molecule is CCCC(=O)C(C#N)C(C)=O. The second-order valence-corrected chi connectivity index (χ2v) is 2.39. The van der Waals surface area contributed by atoms with Crippen LogP contribution in [0, 0.1) is 17.2 Å². The van der Waals surface area contributed by atoms with Crippen LogP contribution >= 0.6 is 0 Å². The summed E-state index contributed by atoms with van der Waals surface area (Å²) in [5.41, 5.74) is 0. The maximum atomic E-state index is 11.0. The first kappa shape index (κ1) is 9.83. The minimum Gasteiger partial charge on any atom is -0.298 e. The number of nitriles is 1. The normalized spacial score (nSPS) is 11.7. The highest BCUT2D eigenvalue weighted by Crippen LogP contribution is 2.03. The molecule has 0 radical (unpaired) electrons. The summed E-state index contributed by atoms with van der Waals surface area (Å²) >= 11 is 0. The van der Waals surface area contributed by atoms with Gasteiger partial charge < -0.3 is 0 Å². The van der Waals surface area contributed by atoms with Gasteiger partial charge in [0, 0.05) is 6.42 Å². The first-order chi connectivity index (χ1) is 5.13. The van der Waals surface area contributed by atoms with Crippen LogP contribution in [0.1, 0.15) is 26.7 Å². The van der Waals surface area contributed by atoms with Crippen molar-refractivity contribution in [3.8, 4) is 6.07 Å². The van der Waals surface area contributed by atoms with Crippen molar-refractivity contribution in [2.75, 3.05) is 0 Å². The minimum atomic E-state index is -1.03. The van der Waals surface area contributed by atoms with E-state index in [9.17, 15) is 9.59 Å². The van der Waals surface area contributed by atoms with Crippen molar-refractivity contribution in [2.45, 2.75) is 26.7 Å². The zero-order chi connectivity index (χ0) is 8.85. The second-order valence-electron chi connectivity index (χ2n) is 2.39. The van der Waals surface area contributed by atoms with E-state index in [4.69, 9.17) is 5.26 Å². The van der Waals surface area contributed by atoms with Gasteiger partial charge in [-0.05, 0) is 13.3 Å². The topological polar surface area (TPSA) is 57.9 Å². The molecule has 0 heterocycles. The zero-order valence-electron chi connectivity index (χ0n) is 6.76. The van der Waals surface area contributed by atoms with Gasteiger partial charge >= 0.3 is 0 Å². The molecule has 0 aliphatic heterocycles. The first-order valence-electron chi connectivity index (χ1n) is 3.56. The molecule has 0 fully saturated rings. The predicted octanol–water partition coefficient (Wildman–Crippen LogP) is 1.08. The Bertz CT molecular complexity index is 203. The van der Waals surface area contributed by atoms with Crippen molar-refractivity contribution in [3.63, 3.8) is 0 Å². The molecule has 0 bridgehead atoms. The van der Waals surface area contributed by atoms with Crippen molar-refractivity contribution in [1.82, 2.24) is 0 Å². The van der Waals surface area contributed by atoms with Crippen LogP contribution in [-0.4, -0.2) is 11.6 Å². The molecule has 60 valence electrons. The second kappa shape index (κ2) is 4.62. The number of nitrogens with zero attached hydrogens (tertiary/aromatic N) is 1. The van der Waals surface area contributed by atoms with Crippen molar-refractivity contribution < 1.29 is 9.59 Å². The molecule has 1 atom stereocenters. The summed E-state index contributed by atoms with van der Waals surface area (Å²) in [5.74, 6) is -1.65. The summed E-state index contributed by atoms with van der Waals surface area (Å²) in [6.07, 6.45) is 1.00. The minimum absolute atomic E-state index is 0.262. The lowest BCUT2D eigenvalue weighted by Crippen LogP contribution is -2.19. The molecule has 3 heteroatoms. The van der Waals surface area contributed by atoms with E-state index in [1.165, 1.54) is 6.92 Å². The molecule has 1 unspecified atom stereocenters. The molecule has 0 spiro atoms. The molecule has 0 N–H and O–H groups in total. The van der Waals surface area contributed by atoms with Crippen molar-refractivity contribution in [2.24, 2.45) is 5.92 Å². The summed E-state index contributed by atoms with van der Waals surface area (Å²) < 4.78 is 0. The zero-order valence-corrected chi connectivity index (χ0v) is 6.76. The van der Waals surface area contributed by atoms with E-state index < -0.39 is 5.92 Å². The van der Waals surface area contributed by atoms with Gasteiger partial charge in [-0.25, -0.2) is 0 Å². The Labute approximate surface area is 66.0 Å². The van der Waals surface area contributed by atoms with E-state index in [2.05, 4.69) is 0 Å². The Morgan fingerprint density at radius 1 is 1.55 bits per heavy atom. The lowest BCUT2D eigenvalue weighted by Gasteiger charge is -2.00. The van der Waals surface area contributed by atoms with Gasteiger partial charge in [0.1, 0.15) is 0 Å². The molecular formula is C8H11NO2. The monoisotopic (exact) mass is 153 g/mol. The van der Waals surface area contributed by atoms with E-state index in [0.29, 0.717) is 12.8 Å². The highest BCUT2D eigenvalue weighted by Gasteiger charge is 2.20. The molecule has 0 amide bonds. The summed E-state index contributed by atoms with van der Waals surface area (Å²) in [6.45, 7) is 3.11. The Kier molecular flexibility index (Phi) is 4.12. The van der Waals surface area contributed by atoms with Crippen LogP contribution in [0.3, 0.4) is 0 Å². The predicted molar refractivity (Wildman–Crippen MR) is 39.7 cm³/mol. The van der Waals surface area contributed by atoms with E-state index in [-0.39, 0.29) is 11.6 Å². The third-order valence-electron chi connectivity index (χ3n) is 1.35. The number of carbonyl (C=O) groups is 2. The number of ketones is 2. The number of hydrogen-bond donors (Lipinski definition) is 0. The van der Waals surface area contributed by atoms with Crippen LogP contribution in [0.15, 0.2) is 0 Å².